The van der Waals surface area contributed by atoms with Gasteiger partial charge in [-0.3, -0.25) is 4.79 Å². The van der Waals surface area contributed by atoms with E-state index in [1.165, 1.54) is 12.8 Å². The third kappa shape index (κ3) is 2.46. The van der Waals surface area contributed by atoms with Crippen LogP contribution in [-0.2, 0) is 0 Å². The van der Waals surface area contributed by atoms with Gasteiger partial charge in [-0.2, -0.15) is 0 Å². The maximum Gasteiger partial charge on any atom is 0.291 e. The lowest BCUT2D eigenvalue weighted by atomic mass is 10.00. The molecule has 0 radical (unpaired) electrons. The van der Waals surface area contributed by atoms with Gasteiger partial charge in [0.25, 0.3) is 5.91 Å². The summed E-state index contributed by atoms with van der Waals surface area (Å²) in [6.07, 6.45) is 3.59. The SMILES string of the molecule is CC1CCCN(C(=O)c2ocnc2-c2ccccc2)C1. The van der Waals surface area contributed by atoms with Gasteiger partial charge in [0.2, 0.25) is 5.76 Å². The average molecular weight is 270 g/mol. The second-order valence-corrected chi connectivity index (χ2v) is 5.39. The smallest absolute Gasteiger partial charge is 0.291 e. The van der Waals surface area contributed by atoms with Crippen molar-refractivity contribution in [3.8, 4) is 11.3 Å². The quantitative estimate of drug-likeness (QED) is 0.841. The van der Waals surface area contributed by atoms with E-state index in [1.807, 2.05) is 35.2 Å². The van der Waals surface area contributed by atoms with Crippen LogP contribution in [0, 0.1) is 5.92 Å². The molecule has 1 fully saturated rings. The number of oxazole rings is 1. The predicted octanol–water partition coefficient (Wildman–Crippen LogP) is 3.21. The highest BCUT2D eigenvalue weighted by Crippen LogP contribution is 2.25. The molecule has 0 spiro atoms. The maximum atomic E-state index is 12.6. The molecule has 1 aliphatic heterocycles. The van der Waals surface area contributed by atoms with Crippen LogP contribution in [0.2, 0.25) is 0 Å². The molecule has 1 amide bonds. The van der Waals surface area contributed by atoms with Gasteiger partial charge in [0, 0.05) is 18.7 Å². The van der Waals surface area contributed by atoms with Crippen LogP contribution in [0.5, 0.6) is 0 Å². The molecule has 0 aliphatic carbocycles. The minimum atomic E-state index is -0.0482. The first kappa shape index (κ1) is 12.9. The fourth-order valence-corrected chi connectivity index (χ4v) is 2.72. The molecule has 2 aromatic rings. The molecule has 1 unspecified atom stereocenters. The van der Waals surface area contributed by atoms with Gasteiger partial charge in [0.05, 0.1) is 0 Å². The number of rotatable bonds is 2. The molecule has 1 aliphatic rings. The van der Waals surface area contributed by atoms with Gasteiger partial charge in [0.15, 0.2) is 6.39 Å². The Kier molecular flexibility index (Phi) is 3.54. The van der Waals surface area contributed by atoms with E-state index in [1.54, 1.807) is 0 Å². The highest BCUT2D eigenvalue weighted by atomic mass is 16.3. The van der Waals surface area contributed by atoms with Crippen LogP contribution in [-0.4, -0.2) is 28.9 Å². The van der Waals surface area contributed by atoms with Crippen molar-refractivity contribution in [3.05, 3.63) is 42.5 Å². The van der Waals surface area contributed by atoms with Crippen LogP contribution in [0.15, 0.2) is 41.1 Å². The number of benzene rings is 1. The van der Waals surface area contributed by atoms with E-state index >= 15 is 0 Å². The van der Waals surface area contributed by atoms with Crippen molar-refractivity contribution in [3.63, 3.8) is 0 Å². The molecule has 0 bridgehead atoms. The first-order valence-corrected chi connectivity index (χ1v) is 7.04. The van der Waals surface area contributed by atoms with E-state index in [9.17, 15) is 4.79 Å². The zero-order valence-corrected chi connectivity index (χ0v) is 11.6. The van der Waals surface area contributed by atoms with E-state index in [4.69, 9.17) is 4.42 Å². The number of hydrogen-bond donors (Lipinski definition) is 0. The second-order valence-electron chi connectivity index (χ2n) is 5.39. The lowest BCUT2D eigenvalue weighted by molar-refractivity contribution is 0.0652. The highest BCUT2D eigenvalue weighted by molar-refractivity contribution is 5.97. The van der Waals surface area contributed by atoms with Crippen molar-refractivity contribution < 1.29 is 9.21 Å². The third-order valence-electron chi connectivity index (χ3n) is 3.75. The zero-order chi connectivity index (χ0) is 13.9. The van der Waals surface area contributed by atoms with Gasteiger partial charge < -0.3 is 9.32 Å². The molecule has 0 saturated carbocycles. The van der Waals surface area contributed by atoms with Crippen LogP contribution >= 0.6 is 0 Å². The van der Waals surface area contributed by atoms with Gasteiger partial charge in [-0.1, -0.05) is 37.3 Å². The Morgan fingerprint density at radius 3 is 2.90 bits per heavy atom. The lowest BCUT2D eigenvalue weighted by Gasteiger charge is -2.30. The van der Waals surface area contributed by atoms with Crippen LogP contribution in [0.1, 0.15) is 30.3 Å². The first-order chi connectivity index (χ1) is 9.75. The van der Waals surface area contributed by atoms with Crippen LogP contribution in [0.25, 0.3) is 11.3 Å². The summed E-state index contributed by atoms with van der Waals surface area (Å²) in [6, 6.07) is 9.68. The molecular weight excluding hydrogens is 252 g/mol. The van der Waals surface area contributed by atoms with Crippen LogP contribution < -0.4 is 0 Å². The predicted molar refractivity (Wildman–Crippen MR) is 76.2 cm³/mol. The van der Waals surface area contributed by atoms with E-state index < -0.39 is 0 Å². The van der Waals surface area contributed by atoms with Crippen molar-refractivity contribution in [2.75, 3.05) is 13.1 Å². The Morgan fingerprint density at radius 1 is 1.35 bits per heavy atom. The van der Waals surface area contributed by atoms with Gasteiger partial charge in [0.1, 0.15) is 5.69 Å². The number of likely N-dealkylation sites (tertiary alicyclic amines) is 1. The minimum Gasteiger partial charge on any atom is -0.438 e. The van der Waals surface area contributed by atoms with Crippen LogP contribution in [0.3, 0.4) is 0 Å². The molecule has 1 saturated heterocycles. The van der Waals surface area contributed by atoms with E-state index in [0.29, 0.717) is 17.4 Å². The fraction of sp³-hybridized carbons (Fsp3) is 0.375. The summed E-state index contributed by atoms with van der Waals surface area (Å²) in [5.74, 6) is 0.856. The first-order valence-electron chi connectivity index (χ1n) is 7.04. The molecule has 1 aromatic heterocycles. The van der Waals surface area contributed by atoms with Gasteiger partial charge in [-0.05, 0) is 18.8 Å². The van der Waals surface area contributed by atoms with Crippen molar-refractivity contribution in [2.45, 2.75) is 19.8 Å². The largest absolute Gasteiger partial charge is 0.438 e. The number of amides is 1. The van der Waals surface area contributed by atoms with Gasteiger partial charge in [-0.25, -0.2) is 4.98 Å². The van der Waals surface area contributed by atoms with E-state index in [-0.39, 0.29) is 5.91 Å². The molecule has 4 heteroatoms. The molecule has 4 nitrogen and oxygen atoms in total. The summed E-state index contributed by atoms with van der Waals surface area (Å²) in [5.41, 5.74) is 1.54. The Labute approximate surface area is 118 Å². The monoisotopic (exact) mass is 270 g/mol. The molecule has 1 aromatic carbocycles. The molecule has 20 heavy (non-hydrogen) atoms. The molecule has 104 valence electrons. The fourth-order valence-electron chi connectivity index (χ4n) is 2.72. The van der Waals surface area contributed by atoms with E-state index in [2.05, 4.69) is 11.9 Å². The van der Waals surface area contributed by atoms with Crippen molar-refractivity contribution in [2.24, 2.45) is 5.92 Å². The molecule has 1 atom stereocenters. The number of piperidine rings is 1. The molecule has 0 N–H and O–H groups in total. The van der Waals surface area contributed by atoms with Crippen LogP contribution in [0.4, 0.5) is 0 Å². The van der Waals surface area contributed by atoms with Gasteiger partial charge >= 0.3 is 0 Å². The Hall–Kier alpha value is -2.10. The summed E-state index contributed by atoms with van der Waals surface area (Å²) in [4.78, 5) is 18.7. The third-order valence-corrected chi connectivity index (χ3v) is 3.75. The summed E-state index contributed by atoms with van der Waals surface area (Å²) >= 11 is 0. The number of nitrogens with zero attached hydrogens (tertiary/aromatic N) is 2. The number of aromatic nitrogens is 1. The topological polar surface area (TPSA) is 46.3 Å². The zero-order valence-electron chi connectivity index (χ0n) is 11.6. The second kappa shape index (κ2) is 5.49. The van der Waals surface area contributed by atoms with Crippen molar-refractivity contribution >= 4 is 5.91 Å². The summed E-state index contributed by atoms with van der Waals surface area (Å²) in [6.45, 7) is 3.78. The van der Waals surface area contributed by atoms with Crippen molar-refractivity contribution in [1.82, 2.24) is 9.88 Å². The summed E-state index contributed by atoms with van der Waals surface area (Å²) in [5, 5.41) is 0. The molecular formula is C16H18N2O2. The normalized spacial score (nSPS) is 19.1. The Morgan fingerprint density at radius 2 is 2.15 bits per heavy atom. The molecule has 3 rings (SSSR count). The summed E-state index contributed by atoms with van der Waals surface area (Å²) < 4.78 is 5.37. The Bertz CT molecular complexity index is 592. The van der Waals surface area contributed by atoms with E-state index in [0.717, 1.165) is 25.1 Å². The number of hydrogen-bond acceptors (Lipinski definition) is 3. The maximum absolute atomic E-state index is 12.6. The lowest BCUT2D eigenvalue weighted by Crippen LogP contribution is -2.39. The minimum absolute atomic E-state index is 0.0482. The highest BCUT2D eigenvalue weighted by Gasteiger charge is 2.27. The number of carbonyl (C=O) groups is 1. The standard InChI is InChI=1S/C16H18N2O2/c1-12-6-5-9-18(10-12)16(19)15-14(17-11-20-15)13-7-3-2-4-8-13/h2-4,7-8,11-12H,5-6,9-10H2,1H3. The van der Waals surface area contributed by atoms with Gasteiger partial charge in [-0.15, -0.1) is 0 Å². The van der Waals surface area contributed by atoms with Crippen molar-refractivity contribution in [1.29, 1.82) is 0 Å². The Balaban J connectivity index is 1.88. The molecule has 2 heterocycles. The summed E-state index contributed by atoms with van der Waals surface area (Å²) in [7, 11) is 0. The number of carbonyl (C=O) groups excluding carboxylic acids is 1. The average Bonchev–Trinajstić information content (AvgIpc) is 2.97.